The van der Waals surface area contributed by atoms with E-state index >= 15 is 0 Å². The second kappa shape index (κ2) is 9.84. The zero-order valence-electron chi connectivity index (χ0n) is 17.6. The average Bonchev–Trinajstić information content (AvgIpc) is 3.09. The van der Waals surface area contributed by atoms with Crippen LogP contribution >= 0.6 is 11.3 Å². The summed E-state index contributed by atoms with van der Waals surface area (Å²) in [6, 6.07) is 10.6. The Hall–Kier alpha value is -1.75. The average molecular weight is 414 g/mol. The number of thiophene rings is 1. The van der Waals surface area contributed by atoms with Crippen molar-refractivity contribution in [3.8, 4) is 11.8 Å². The molecule has 1 saturated heterocycles. The van der Waals surface area contributed by atoms with Gasteiger partial charge in [-0.2, -0.15) is 0 Å². The smallest absolute Gasteiger partial charge is 0.120 e. The highest BCUT2D eigenvalue weighted by molar-refractivity contribution is 7.12. The predicted molar refractivity (Wildman–Crippen MR) is 118 cm³/mol. The highest BCUT2D eigenvalue weighted by Gasteiger charge is 2.27. The number of aromatic nitrogens is 1. The minimum absolute atomic E-state index is 0.200. The molecule has 0 saturated carbocycles. The van der Waals surface area contributed by atoms with Gasteiger partial charge in [-0.15, -0.1) is 11.3 Å². The van der Waals surface area contributed by atoms with Crippen molar-refractivity contribution >= 4 is 11.3 Å². The first-order valence-corrected chi connectivity index (χ1v) is 11.0. The largest absolute Gasteiger partial charge is 0.396 e. The molecule has 29 heavy (non-hydrogen) atoms. The lowest BCUT2D eigenvalue weighted by Gasteiger charge is -2.41. The predicted octanol–water partition coefficient (Wildman–Crippen LogP) is 2.64. The molecule has 156 valence electrons. The molecule has 0 bridgehead atoms. The van der Waals surface area contributed by atoms with Crippen molar-refractivity contribution in [1.29, 1.82) is 0 Å². The van der Waals surface area contributed by atoms with E-state index in [9.17, 15) is 10.2 Å². The van der Waals surface area contributed by atoms with Crippen LogP contribution in [0.3, 0.4) is 0 Å². The quantitative estimate of drug-likeness (QED) is 0.713. The van der Waals surface area contributed by atoms with Crippen LogP contribution in [0.15, 0.2) is 30.3 Å². The van der Waals surface area contributed by atoms with Gasteiger partial charge in [-0.05, 0) is 51.5 Å². The topological polar surface area (TPSA) is 59.8 Å². The van der Waals surface area contributed by atoms with E-state index in [4.69, 9.17) is 0 Å². The van der Waals surface area contributed by atoms with Gasteiger partial charge in [0.25, 0.3) is 0 Å². The molecule has 1 unspecified atom stereocenters. The van der Waals surface area contributed by atoms with E-state index in [1.165, 1.54) is 4.88 Å². The molecule has 5 nitrogen and oxygen atoms in total. The number of hydrogen-bond acceptors (Lipinski definition) is 6. The van der Waals surface area contributed by atoms with E-state index in [0.717, 1.165) is 55.4 Å². The minimum Gasteiger partial charge on any atom is -0.396 e. The minimum atomic E-state index is -0.968. The van der Waals surface area contributed by atoms with Gasteiger partial charge in [-0.1, -0.05) is 17.9 Å². The summed E-state index contributed by atoms with van der Waals surface area (Å²) in [7, 11) is 0. The number of aryl methyl sites for hydroxylation is 1. The molecule has 1 aliphatic rings. The SMILES string of the molecule is Cc1cccc(CN2CCN(Cc3ccc(C#CC(C)(C)O)s3)CC2CCO)n1. The maximum Gasteiger partial charge on any atom is 0.120 e. The second-order valence-corrected chi connectivity index (χ2v) is 9.39. The summed E-state index contributed by atoms with van der Waals surface area (Å²) in [5, 5.41) is 19.3. The first-order chi connectivity index (χ1) is 13.8. The standard InChI is InChI=1S/C23H31N3O2S/c1-18-5-4-6-19(24-18)15-26-13-12-25(16-20(26)10-14-27)17-22-8-7-21(29-22)9-11-23(2,3)28/h4-8,20,27-28H,10,12-17H2,1-3H3. The van der Waals surface area contributed by atoms with Gasteiger partial charge >= 0.3 is 0 Å². The van der Waals surface area contributed by atoms with Gasteiger partial charge in [0.15, 0.2) is 0 Å². The monoisotopic (exact) mass is 413 g/mol. The molecule has 0 aromatic carbocycles. The number of pyridine rings is 1. The third kappa shape index (κ3) is 6.91. The molecule has 2 N–H and O–H groups in total. The van der Waals surface area contributed by atoms with Crippen LogP contribution in [0.25, 0.3) is 0 Å². The number of nitrogens with zero attached hydrogens (tertiary/aromatic N) is 3. The van der Waals surface area contributed by atoms with Gasteiger partial charge in [0.05, 0.1) is 10.6 Å². The van der Waals surface area contributed by atoms with E-state index in [1.54, 1.807) is 25.2 Å². The van der Waals surface area contributed by atoms with Crippen LogP contribution in [0.2, 0.25) is 0 Å². The van der Waals surface area contributed by atoms with Crippen LogP contribution < -0.4 is 0 Å². The number of aliphatic hydroxyl groups excluding tert-OH is 1. The first kappa shape index (κ1) is 21.9. The number of aliphatic hydroxyl groups is 2. The third-order valence-corrected chi connectivity index (χ3v) is 5.98. The summed E-state index contributed by atoms with van der Waals surface area (Å²) in [5.41, 5.74) is 1.17. The second-order valence-electron chi connectivity index (χ2n) is 8.22. The Morgan fingerprint density at radius 3 is 2.76 bits per heavy atom. The third-order valence-electron chi connectivity index (χ3n) is 4.99. The lowest BCUT2D eigenvalue weighted by molar-refractivity contribution is 0.0496. The molecule has 0 amide bonds. The van der Waals surface area contributed by atoms with Crippen LogP contribution in [-0.4, -0.2) is 62.9 Å². The van der Waals surface area contributed by atoms with Crippen LogP contribution in [0.1, 0.15) is 41.4 Å². The van der Waals surface area contributed by atoms with Crippen molar-refractivity contribution in [3.05, 3.63) is 51.5 Å². The zero-order valence-corrected chi connectivity index (χ0v) is 18.4. The van der Waals surface area contributed by atoms with E-state index < -0.39 is 5.60 Å². The lowest BCUT2D eigenvalue weighted by Crippen LogP contribution is -2.52. The lowest BCUT2D eigenvalue weighted by atomic mass is 10.1. The number of rotatable bonds is 6. The molecule has 1 aliphatic heterocycles. The summed E-state index contributed by atoms with van der Waals surface area (Å²) < 4.78 is 0. The molecule has 3 rings (SSSR count). The highest BCUT2D eigenvalue weighted by Crippen LogP contribution is 2.22. The molecule has 2 aromatic rings. The molecule has 6 heteroatoms. The van der Waals surface area contributed by atoms with Gasteiger partial charge < -0.3 is 10.2 Å². The van der Waals surface area contributed by atoms with E-state index in [-0.39, 0.29) is 6.61 Å². The molecule has 0 aliphatic carbocycles. The summed E-state index contributed by atoms with van der Waals surface area (Å²) >= 11 is 1.69. The molecule has 1 fully saturated rings. The summed E-state index contributed by atoms with van der Waals surface area (Å²) in [6.45, 7) is 10.2. The van der Waals surface area contributed by atoms with Crippen molar-refractivity contribution < 1.29 is 10.2 Å². The zero-order chi connectivity index (χ0) is 20.9. The fourth-order valence-electron chi connectivity index (χ4n) is 3.59. The van der Waals surface area contributed by atoms with Gasteiger partial charge in [0.2, 0.25) is 0 Å². The highest BCUT2D eigenvalue weighted by atomic mass is 32.1. The van der Waals surface area contributed by atoms with Crippen molar-refractivity contribution in [2.45, 2.75) is 51.9 Å². The van der Waals surface area contributed by atoms with Crippen molar-refractivity contribution in [2.75, 3.05) is 26.2 Å². The molecule has 0 radical (unpaired) electrons. The van der Waals surface area contributed by atoms with Crippen molar-refractivity contribution in [2.24, 2.45) is 0 Å². The van der Waals surface area contributed by atoms with E-state index in [0.29, 0.717) is 6.04 Å². The Bertz CT molecular complexity index is 863. The van der Waals surface area contributed by atoms with Crippen LogP contribution in [-0.2, 0) is 13.1 Å². The Balaban J connectivity index is 1.60. The fourth-order valence-corrected chi connectivity index (χ4v) is 4.50. The number of piperazine rings is 1. The van der Waals surface area contributed by atoms with Crippen LogP contribution in [0.5, 0.6) is 0 Å². The Labute approximate surface area is 178 Å². The molecule has 0 spiro atoms. The summed E-state index contributed by atoms with van der Waals surface area (Å²) in [6.07, 6.45) is 0.773. The van der Waals surface area contributed by atoms with Crippen LogP contribution in [0, 0.1) is 18.8 Å². The van der Waals surface area contributed by atoms with Crippen LogP contribution in [0.4, 0.5) is 0 Å². The summed E-state index contributed by atoms with van der Waals surface area (Å²) in [5.74, 6) is 5.94. The molecular formula is C23H31N3O2S. The van der Waals surface area contributed by atoms with Gasteiger partial charge in [-0.25, -0.2) is 0 Å². The Morgan fingerprint density at radius 1 is 1.21 bits per heavy atom. The molecule has 1 atom stereocenters. The summed E-state index contributed by atoms with van der Waals surface area (Å²) in [4.78, 5) is 11.8. The maximum atomic E-state index is 9.77. The van der Waals surface area contributed by atoms with Crippen molar-refractivity contribution in [3.63, 3.8) is 0 Å². The molecule has 3 heterocycles. The first-order valence-electron chi connectivity index (χ1n) is 10.2. The number of hydrogen-bond donors (Lipinski definition) is 2. The normalized spacial score (nSPS) is 18.4. The molecule has 2 aromatic heterocycles. The van der Waals surface area contributed by atoms with Gasteiger partial charge in [0.1, 0.15) is 5.60 Å². The fraction of sp³-hybridized carbons (Fsp3) is 0.522. The van der Waals surface area contributed by atoms with E-state index in [2.05, 4.69) is 44.8 Å². The molecular weight excluding hydrogens is 382 g/mol. The van der Waals surface area contributed by atoms with Gasteiger partial charge in [-0.3, -0.25) is 14.8 Å². The van der Waals surface area contributed by atoms with E-state index in [1.807, 2.05) is 19.1 Å². The van der Waals surface area contributed by atoms with Crippen molar-refractivity contribution in [1.82, 2.24) is 14.8 Å². The Kier molecular flexibility index (Phi) is 7.44. The van der Waals surface area contributed by atoms with Gasteiger partial charge in [0, 0.05) is 55.9 Å². The maximum absolute atomic E-state index is 9.77. The Morgan fingerprint density at radius 2 is 2.03 bits per heavy atom.